The van der Waals surface area contributed by atoms with Gasteiger partial charge < -0.3 is 10.2 Å². The van der Waals surface area contributed by atoms with E-state index in [4.69, 9.17) is 10.4 Å². The molecule has 0 bridgehead atoms. The number of nitrogens with zero attached hydrogens (tertiary/aromatic N) is 2. The van der Waals surface area contributed by atoms with E-state index < -0.39 is 33.0 Å². The van der Waals surface area contributed by atoms with E-state index in [0.717, 1.165) is 13.0 Å². The number of aromatic nitrogens is 1. The number of carbonyl (C=O) groups is 1. The van der Waals surface area contributed by atoms with E-state index in [1.54, 1.807) is 6.07 Å². The Kier molecular flexibility index (Phi) is 4.55. The van der Waals surface area contributed by atoms with Crippen LogP contribution in [0.2, 0.25) is 0 Å². The van der Waals surface area contributed by atoms with Gasteiger partial charge in [-0.25, -0.2) is 13.4 Å². The summed E-state index contributed by atoms with van der Waals surface area (Å²) in [4.78, 5) is 14.0. The minimum atomic E-state index is -4.27. The van der Waals surface area contributed by atoms with Crippen molar-refractivity contribution in [1.82, 2.24) is 9.71 Å². The molecule has 0 aliphatic carbocycles. The Labute approximate surface area is 109 Å². The average molecular weight is 285 g/mol. The summed E-state index contributed by atoms with van der Waals surface area (Å²) in [5.74, 6) is -1.53. The van der Waals surface area contributed by atoms with Gasteiger partial charge in [-0.2, -0.15) is 9.98 Å². The lowest BCUT2D eigenvalue weighted by atomic mass is 10.2. The Morgan fingerprint density at radius 2 is 2.21 bits per heavy atom. The first-order chi connectivity index (χ1) is 8.79. The quantitative estimate of drug-likeness (QED) is 0.634. The van der Waals surface area contributed by atoms with Crippen molar-refractivity contribution in [1.29, 1.82) is 5.26 Å². The molecule has 9 heteroatoms. The largest absolute Gasteiger partial charge is 0.480 e. The van der Waals surface area contributed by atoms with Crippen LogP contribution in [0.4, 0.5) is 0 Å². The molecule has 0 saturated carbocycles. The molecule has 3 N–H and O–H groups in total. The van der Waals surface area contributed by atoms with Crippen LogP contribution in [0, 0.1) is 11.3 Å². The minimum absolute atomic E-state index is 0.357. The van der Waals surface area contributed by atoms with Crippen molar-refractivity contribution in [2.45, 2.75) is 24.0 Å². The molecule has 0 aromatic carbocycles. The number of pyridine rings is 1. The first-order valence-electron chi connectivity index (χ1n) is 5.08. The number of aliphatic hydroxyl groups excluding tert-OH is 1. The first kappa shape index (κ1) is 15.0. The van der Waals surface area contributed by atoms with Crippen LogP contribution in [0.5, 0.6) is 0 Å². The molecule has 19 heavy (non-hydrogen) atoms. The highest BCUT2D eigenvalue weighted by Crippen LogP contribution is 2.13. The van der Waals surface area contributed by atoms with Crippen LogP contribution in [0.25, 0.3) is 0 Å². The normalized spacial score (nSPS) is 14.4. The average Bonchev–Trinajstić information content (AvgIpc) is 2.35. The summed E-state index contributed by atoms with van der Waals surface area (Å²) in [6.07, 6.45) is -0.199. The summed E-state index contributed by atoms with van der Waals surface area (Å²) >= 11 is 0. The van der Waals surface area contributed by atoms with Crippen molar-refractivity contribution in [2.75, 3.05) is 0 Å². The number of carboxylic acids is 1. The second-order valence-corrected chi connectivity index (χ2v) is 5.32. The minimum Gasteiger partial charge on any atom is -0.480 e. The van der Waals surface area contributed by atoms with Gasteiger partial charge in [0.15, 0.2) is 5.69 Å². The maximum absolute atomic E-state index is 12.0. The van der Waals surface area contributed by atoms with Crippen molar-refractivity contribution < 1.29 is 23.4 Å². The van der Waals surface area contributed by atoms with Crippen LogP contribution in [-0.4, -0.2) is 41.7 Å². The van der Waals surface area contributed by atoms with Crippen molar-refractivity contribution in [3.05, 3.63) is 24.0 Å². The number of aliphatic hydroxyl groups is 1. The molecule has 0 amide bonds. The maximum atomic E-state index is 12.0. The number of nitrogens with one attached hydrogen (secondary N) is 1. The third-order valence-corrected chi connectivity index (χ3v) is 3.67. The van der Waals surface area contributed by atoms with Gasteiger partial charge in [-0.3, -0.25) is 4.79 Å². The van der Waals surface area contributed by atoms with Crippen molar-refractivity contribution in [3.8, 4) is 6.07 Å². The van der Waals surface area contributed by atoms with Crippen LogP contribution in [0.3, 0.4) is 0 Å². The highest BCUT2D eigenvalue weighted by atomic mass is 32.2. The van der Waals surface area contributed by atoms with Gasteiger partial charge >= 0.3 is 5.97 Å². The van der Waals surface area contributed by atoms with Crippen LogP contribution in [0.1, 0.15) is 12.6 Å². The zero-order chi connectivity index (χ0) is 14.6. The molecule has 0 radical (unpaired) electrons. The standard InChI is InChI=1S/C10H11N3O5S/c1-6(14)9(10(15)16)13-19(17,18)8-3-2-4-12-7(8)5-11/h2-4,6,9,13-14H,1H3,(H,15,16). The fourth-order valence-corrected chi connectivity index (χ4v) is 2.65. The molecule has 0 aliphatic rings. The van der Waals surface area contributed by atoms with E-state index in [-0.39, 0.29) is 5.69 Å². The number of sulfonamides is 1. The van der Waals surface area contributed by atoms with E-state index >= 15 is 0 Å². The maximum Gasteiger partial charge on any atom is 0.324 e. The van der Waals surface area contributed by atoms with E-state index in [0.29, 0.717) is 0 Å². The Balaban J connectivity index is 3.19. The van der Waals surface area contributed by atoms with Crippen molar-refractivity contribution in [2.24, 2.45) is 0 Å². The fourth-order valence-electron chi connectivity index (χ4n) is 1.28. The Morgan fingerprint density at radius 1 is 1.58 bits per heavy atom. The summed E-state index contributed by atoms with van der Waals surface area (Å²) < 4.78 is 25.7. The van der Waals surface area contributed by atoms with E-state index in [1.807, 2.05) is 4.72 Å². The van der Waals surface area contributed by atoms with Crippen LogP contribution in [-0.2, 0) is 14.8 Å². The lowest BCUT2D eigenvalue weighted by molar-refractivity contribution is -0.141. The Bertz CT molecular complexity index is 620. The lowest BCUT2D eigenvalue weighted by Crippen LogP contribution is -2.47. The molecule has 0 fully saturated rings. The third-order valence-electron chi connectivity index (χ3n) is 2.20. The number of nitriles is 1. The van der Waals surface area contributed by atoms with Crippen LogP contribution < -0.4 is 4.72 Å². The van der Waals surface area contributed by atoms with E-state index in [1.165, 1.54) is 12.3 Å². The summed E-state index contributed by atoms with van der Waals surface area (Å²) in [6.45, 7) is 1.13. The summed E-state index contributed by atoms with van der Waals surface area (Å²) in [7, 11) is -4.27. The second kappa shape index (κ2) is 5.75. The smallest absolute Gasteiger partial charge is 0.324 e. The lowest BCUT2D eigenvalue weighted by Gasteiger charge is -2.17. The third kappa shape index (κ3) is 3.47. The zero-order valence-corrected chi connectivity index (χ0v) is 10.6. The number of carboxylic acid groups (broad SMARTS) is 1. The monoisotopic (exact) mass is 285 g/mol. The Hall–Kier alpha value is -2.02. The highest BCUT2D eigenvalue weighted by Gasteiger charge is 2.30. The molecule has 0 saturated heterocycles. The summed E-state index contributed by atoms with van der Waals surface area (Å²) in [5, 5.41) is 26.8. The first-order valence-corrected chi connectivity index (χ1v) is 6.56. The van der Waals surface area contributed by atoms with Gasteiger partial charge in [-0.05, 0) is 19.1 Å². The molecule has 1 aromatic rings. The van der Waals surface area contributed by atoms with Gasteiger partial charge in [-0.1, -0.05) is 0 Å². The van der Waals surface area contributed by atoms with Gasteiger partial charge in [0.2, 0.25) is 10.0 Å². The molecule has 2 atom stereocenters. The van der Waals surface area contributed by atoms with Gasteiger partial charge in [0.05, 0.1) is 6.10 Å². The molecule has 2 unspecified atom stereocenters. The molecule has 0 spiro atoms. The van der Waals surface area contributed by atoms with Gasteiger partial charge in [-0.15, -0.1) is 0 Å². The number of rotatable bonds is 5. The van der Waals surface area contributed by atoms with Crippen molar-refractivity contribution in [3.63, 3.8) is 0 Å². The topological polar surface area (TPSA) is 140 Å². The van der Waals surface area contributed by atoms with Gasteiger partial charge in [0.25, 0.3) is 0 Å². The SMILES string of the molecule is CC(O)C(NS(=O)(=O)c1cccnc1C#N)C(=O)O. The molecule has 1 aromatic heterocycles. The number of hydrogen-bond acceptors (Lipinski definition) is 6. The molecule has 1 rings (SSSR count). The predicted molar refractivity (Wildman–Crippen MR) is 62.4 cm³/mol. The van der Waals surface area contributed by atoms with Crippen LogP contribution in [0.15, 0.2) is 23.2 Å². The predicted octanol–water partition coefficient (Wildman–Crippen LogP) is -0.934. The fraction of sp³-hybridized carbons (Fsp3) is 0.300. The molecular formula is C10H11N3O5S. The highest BCUT2D eigenvalue weighted by molar-refractivity contribution is 7.89. The number of hydrogen-bond donors (Lipinski definition) is 3. The molecule has 0 aliphatic heterocycles. The van der Waals surface area contributed by atoms with E-state index in [9.17, 15) is 18.3 Å². The zero-order valence-electron chi connectivity index (χ0n) is 9.81. The molecule has 8 nitrogen and oxygen atoms in total. The van der Waals surface area contributed by atoms with E-state index in [2.05, 4.69) is 4.98 Å². The summed E-state index contributed by atoms with van der Waals surface area (Å²) in [5.41, 5.74) is -0.357. The van der Waals surface area contributed by atoms with Gasteiger partial charge in [0.1, 0.15) is 17.0 Å². The molecule has 1 heterocycles. The van der Waals surface area contributed by atoms with Crippen LogP contribution >= 0.6 is 0 Å². The molecule has 102 valence electrons. The van der Waals surface area contributed by atoms with Gasteiger partial charge in [0, 0.05) is 6.20 Å². The Morgan fingerprint density at radius 3 is 2.68 bits per heavy atom. The number of aliphatic carboxylic acids is 1. The second-order valence-electron chi connectivity index (χ2n) is 3.64. The summed E-state index contributed by atoms with van der Waals surface area (Å²) in [6, 6.07) is 2.30. The van der Waals surface area contributed by atoms with Crippen molar-refractivity contribution >= 4 is 16.0 Å². The molecular weight excluding hydrogens is 274 g/mol.